The fourth-order valence-electron chi connectivity index (χ4n) is 1.78. The fraction of sp³-hybridized carbons (Fsp3) is 0.357. The highest BCUT2D eigenvalue weighted by atomic mass is 35.5. The fourth-order valence-corrected chi connectivity index (χ4v) is 1.96. The molecule has 0 aromatic heterocycles. The minimum absolute atomic E-state index is 0.162. The SMILES string of the molecule is CCOC(=O)C1=NO[C@H](COc2ccc(Cl)cc2C=O)C1. The van der Waals surface area contributed by atoms with Crippen molar-refractivity contribution in [3.8, 4) is 5.75 Å². The summed E-state index contributed by atoms with van der Waals surface area (Å²) in [6.07, 6.45) is 0.583. The Morgan fingerprint density at radius 3 is 3.10 bits per heavy atom. The third kappa shape index (κ3) is 3.95. The van der Waals surface area contributed by atoms with Crippen LogP contribution in [0.5, 0.6) is 5.75 Å². The lowest BCUT2D eigenvalue weighted by Crippen LogP contribution is -2.22. The first kappa shape index (κ1) is 15.3. The van der Waals surface area contributed by atoms with Crippen molar-refractivity contribution in [2.75, 3.05) is 13.2 Å². The summed E-state index contributed by atoms with van der Waals surface area (Å²) < 4.78 is 10.3. The van der Waals surface area contributed by atoms with Crippen LogP contribution in [0.2, 0.25) is 5.02 Å². The van der Waals surface area contributed by atoms with E-state index in [1.54, 1.807) is 19.1 Å². The molecule has 0 saturated heterocycles. The number of halogens is 1. The van der Waals surface area contributed by atoms with E-state index in [9.17, 15) is 9.59 Å². The number of hydrogen-bond acceptors (Lipinski definition) is 6. The number of esters is 1. The van der Waals surface area contributed by atoms with Gasteiger partial charge in [-0.25, -0.2) is 4.79 Å². The molecular formula is C14H14ClNO5. The van der Waals surface area contributed by atoms with E-state index in [2.05, 4.69) is 5.16 Å². The molecule has 1 aliphatic heterocycles. The van der Waals surface area contributed by atoms with Crippen LogP contribution in [0.4, 0.5) is 0 Å². The molecule has 0 unspecified atom stereocenters. The molecular weight excluding hydrogens is 298 g/mol. The van der Waals surface area contributed by atoms with Gasteiger partial charge in [0.15, 0.2) is 18.1 Å². The Bertz CT molecular complexity index is 572. The van der Waals surface area contributed by atoms with Crippen LogP contribution in [0.25, 0.3) is 0 Å². The number of hydrogen-bond donors (Lipinski definition) is 0. The molecule has 7 heteroatoms. The molecule has 1 aliphatic rings. The van der Waals surface area contributed by atoms with Gasteiger partial charge in [0.05, 0.1) is 12.2 Å². The van der Waals surface area contributed by atoms with Gasteiger partial charge in [0.2, 0.25) is 0 Å². The zero-order valence-corrected chi connectivity index (χ0v) is 12.1. The Balaban J connectivity index is 1.88. The number of aldehydes is 1. The normalized spacial score (nSPS) is 16.9. The van der Waals surface area contributed by atoms with E-state index >= 15 is 0 Å². The minimum atomic E-state index is -0.486. The second kappa shape index (κ2) is 7.08. The molecule has 1 atom stereocenters. The van der Waals surface area contributed by atoms with E-state index in [1.165, 1.54) is 6.07 Å². The molecule has 112 valence electrons. The zero-order chi connectivity index (χ0) is 15.2. The molecule has 1 aromatic rings. The van der Waals surface area contributed by atoms with Gasteiger partial charge < -0.3 is 14.3 Å². The molecule has 0 spiro atoms. The number of carbonyl (C=O) groups is 2. The smallest absolute Gasteiger partial charge is 0.356 e. The standard InChI is InChI=1S/C14H14ClNO5/c1-2-19-14(18)12-6-11(21-16-12)8-20-13-4-3-10(15)5-9(13)7-17/h3-5,7,11H,2,6,8H2,1H3/t11-/m0/s1. The lowest BCUT2D eigenvalue weighted by atomic mass is 10.2. The van der Waals surface area contributed by atoms with Gasteiger partial charge in [0, 0.05) is 11.4 Å². The van der Waals surface area contributed by atoms with Gasteiger partial charge in [-0.2, -0.15) is 0 Å². The summed E-state index contributed by atoms with van der Waals surface area (Å²) in [5.41, 5.74) is 0.587. The zero-order valence-electron chi connectivity index (χ0n) is 11.4. The van der Waals surface area contributed by atoms with E-state index in [0.29, 0.717) is 29.0 Å². The summed E-state index contributed by atoms with van der Waals surface area (Å²) in [6, 6.07) is 4.74. The Hall–Kier alpha value is -2.08. The molecule has 2 rings (SSSR count). The van der Waals surface area contributed by atoms with Gasteiger partial charge in [-0.05, 0) is 25.1 Å². The van der Waals surface area contributed by atoms with Gasteiger partial charge in [-0.1, -0.05) is 16.8 Å². The van der Waals surface area contributed by atoms with Crippen LogP contribution in [-0.4, -0.2) is 37.3 Å². The second-order valence-corrected chi connectivity index (χ2v) is 4.74. The Labute approximate surface area is 126 Å². The van der Waals surface area contributed by atoms with Crippen molar-refractivity contribution in [1.82, 2.24) is 0 Å². The van der Waals surface area contributed by atoms with E-state index in [1.807, 2.05) is 0 Å². The predicted octanol–water partition coefficient (Wildman–Crippen LogP) is 2.24. The Morgan fingerprint density at radius 1 is 1.57 bits per heavy atom. The van der Waals surface area contributed by atoms with E-state index in [0.717, 1.165) is 0 Å². The maximum Gasteiger partial charge on any atom is 0.356 e. The van der Waals surface area contributed by atoms with Gasteiger partial charge in [0.1, 0.15) is 12.4 Å². The quantitative estimate of drug-likeness (QED) is 0.595. The molecule has 1 aromatic carbocycles. The van der Waals surface area contributed by atoms with Crippen LogP contribution >= 0.6 is 11.6 Å². The predicted molar refractivity (Wildman–Crippen MR) is 75.9 cm³/mol. The van der Waals surface area contributed by atoms with E-state index in [4.69, 9.17) is 25.9 Å². The maximum atomic E-state index is 11.5. The van der Waals surface area contributed by atoms with Gasteiger partial charge in [-0.15, -0.1) is 0 Å². The van der Waals surface area contributed by atoms with E-state index in [-0.39, 0.29) is 25.0 Å². The van der Waals surface area contributed by atoms with Gasteiger partial charge in [0.25, 0.3) is 0 Å². The monoisotopic (exact) mass is 311 g/mol. The number of nitrogens with zero attached hydrogens (tertiary/aromatic N) is 1. The Morgan fingerprint density at radius 2 is 2.38 bits per heavy atom. The summed E-state index contributed by atoms with van der Waals surface area (Å²) in [7, 11) is 0. The molecule has 0 radical (unpaired) electrons. The van der Waals surface area contributed by atoms with Crippen LogP contribution in [0.1, 0.15) is 23.7 Å². The molecule has 0 saturated carbocycles. The van der Waals surface area contributed by atoms with Crippen molar-refractivity contribution >= 4 is 29.6 Å². The molecule has 21 heavy (non-hydrogen) atoms. The van der Waals surface area contributed by atoms with Crippen molar-refractivity contribution in [3.63, 3.8) is 0 Å². The summed E-state index contributed by atoms with van der Waals surface area (Å²) in [5.74, 6) is -0.0809. The van der Waals surface area contributed by atoms with Gasteiger partial charge >= 0.3 is 5.97 Å². The van der Waals surface area contributed by atoms with Crippen LogP contribution in [-0.2, 0) is 14.4 Å². The number of carbonyl (C=O) groups excluding carboxylic acids is 2. The van der Waals surface area contributed by atoms with Gasteiger partial charge in [-0.3, -0.25) is 4.79 Å². The Kier molecular flexibility index (Phi) is 5.16. The third-order valence-corrected chi connectivity index (χ3v) is 3.00. The lowest BCUT2D eigenvalue weighted by Gasteiger charge is -2.12. The highest BCUT2D eigenvalue weighted by Crippen LogP contribution is 2.22. The number of rotatable bonds is 6. The maximum absolute atomic E-state index is 11.5. The highest BCUT2D eigenvalue weighted by Gasteiger charge is 2.27. The molecule has 0 amide bonds. The van der Waals surface area contributed by atoms with Crippen molar-refractivity contribution in [1.29, 1.82) is 0 Å². The lowest BCUT2D eigenvalue weighted by molar-refractivity contribution is -0.135. The van der Waals surface area contributed by atoms with Crippen LogP contribution in [0, 0.1) is 0 Å². The summed E-state index contributed by atoms with van der Waals surface area (Å²) in [6.45, 7) is 2.16. The highest BCUT2D eigenvalue weighted by molar-refractivity contribution is 6.36. The number of oxime groups is 1. The van der Waals surface area contributed by atoms with Crippen LogP contribution in [0.3, 0.4) is 0 Å². The topological polar surface area (TPSA) is 74.2 Å². The molecule has 6 nitrogen and oxygen atoms in total. The summed E-state index contributed by atoms with van der Waals surface area (Å²) in [5, 5.41) is 4.13. The average Bonchev–Trinajstić information content (AvgIpc) is 2.95. The summed E-state index contributed by atoms with van der Waals surface area (Å²) >= 11 is 5.80. The largest absolute Gasteiger partial charge is 0.489 e. The minimum Gasteiger partial charge on any atom is -0.489 e. The van der Waals surface area contributed by atoms with Crippen molar-refractivity contribution in [2.24, 2.45) is 5.16 Å². The van der Waals surface area contributed by atoms with Crippen molar-refractivity contribution < 1.29 is 23.9 Å². The first-order valence-corrected chi connectivity index (χ1v) is 6.79. The van der Waals surface area contributed by atoms with Crippen LogP contribution < -0.4 is 4.74 Å². The van der Waals surface area contributed by atoms with Crippen LogP contribution in [0.15, 0.2) is 23.4 Å². The number of benzene rings is 1. The molecule has 0 N–H and O–H groups in total. The first-order chi connectivity index (χ1) is 10.1. The third-order valence-electron chi connectivity index (χ3n) is 2.77. The van der Waals surface area contributed by atoms with Crippen molar-refractivity contribution in [3.05, 3.63) is 28.8 Å². The first-order valence-electron chi connectivity index (χ1n) is 6.41. The number of ether oxygens (including phenoxy) is 2. The molecule has 1 heterocycles. The average molecular weight is 312 g/mol. The molecule has 0 bridgehead atoms. The molecule has 0 fully saturated rings. The van der Waals surface area contributed by atoms with Crippen molar-refractivity contribution in [2.45, 2.75) is 19.4 Å². The molecule has 0 aliphatic carbocycles. The van der Waals surface area contributed by atoms with E-state index < -0.39 is 5.97 Å². The second-order valence-electron chi connectivity index (χ2n) is 4.30. The summed E-state index contributed by atoms with van der Waals surface area (Å²) in [4.78, 5) is 27.5.